The number of carboxylic acids is 1. The molecule has 0 saturated carbocycles. The molecule has 1 aromatic carbocycles. The second kappa shape index (κ2) is 5.11. The molecule has 1 aromatic rings. The zero-order chi connectivity index (χ0) is 11.3. The minimum absolute atomic E-state index is 0.0333. The lowest BCUT2D eigenvalue weighted by atomic mass is 10.1. The van der Waals surface area contributed by atoms with Crippen LogP contribution in [-0.4, -0.2) is 23.6 Å². The predicted octanol–water partition coefficient (Wildman–Crippen LogP) is 1.07. The number of nitrogens with one attached hydrogen (secondary N) is 1. The van der Waals surface area contributed by atoms with Crippen LogP contribution in [0.3, 0.4) is 0 Å². The average Bonchev–Trinajstić information content (AvgIpc) is 2.25. The molecule has 0 aliphatic carbocycles. The molecular weight excluding hydrogens is 198 g/mol. The zero-order valence-electron chi connectivity index (χ0n) is 8.19. The molecule has 0 atom stereocenters. The number of carboxylic acid groups (broad SMARTS) is 1. The summed E-state index contributed by atoms with van der Waals surface area (Å²) in [5.41, 5.74) is 2.33. The third kappa shape index (κ3) is 2.78. The van der Waals surface area contributed by atoms with Crippen LogP contribution in [0.25, 0.3) is 0 Å². The lowest BCUT2D eigenvalue weighted by molar-refractivity contribution is 0.0261. The van der Waals surface area contributed by atoms with E-state index in [4.69, 9.17) is 5.11 Å². The standard InChI is InChI=1S/C10H11NO4/c1-2-11-15-10(14)8-6-4-3-5-7(8)9(12)13/h3-6,11H,2H2,1H3,(H,12,13). The van der Waals surface area contributed by atoms with E-state index in [1.807, 2.05) is 0 Å². The van der Waals surface area contributed by atoms with Gasteiger partial charge in [0.05, 0.1) is 11.1 Å². The molecule has 0 saturated heterocycles. The van der Waals surface area contributed by atoms with Gasteiger partial charge in [0.15, 0.2) is 0 Å². The molecule has 0 radical (unpaired) electrons. The highest BCUT2D eigenvalue weighted by atomic mass is 16.7. The average molecular weight is 209 g/mol. The second-order valence-corrected chi connectivity index (χ2v) is 2.74. The largest absolute Gasteiger partial charge is 0.478 e. The molecule has 5 heteroatoms. The van der Waals surface area contributed by atoms with Crippen molar-refractivity contribution in [3.05, 3.63) is 35.4 Å². The lowest BCUT2D eigenvalue weighted by Crippen LogP contribution is -2.21. The van der Waals surface area contributed by atoms with Gasteiger partial charge in [-0.3, -0.25) is 0 Å². The maximum Gasteiger partial charge on any atom is 0.357 e. The summed E-state index contributed by atoms with van der Waals surface area (Å²) in [6, 6.07) is 5.89. The Labute approximate surface area is 86.6 Å². The number of carbonyl (C=O) groups is 2. The molecule has 0 fully saturated rings. The van der Waals surface area contributed by atoms with Gasteiger partial charge in [0.1, 0.15) is 0 Å². The minimum Gasteiger partial charge on any atom is -0.478 e. The molecule has 15 heavy (non-hydrogen) atoms. The van der Waals surface area contributed by atoms with Crippen molar-refractivity contribution in [2.45, 2.75) is 6.92 Å². The summed E-state index contributed by atoms with van der Waals surface area (Å²) >= 11 is 0. The highest BCUT2D eigenvalue weighted by molar-refractivity contribution is 6.02. The Balaban J connectivity index is 2.92. The second-order valence-electron chi connectivity index (χ2n) is 2.74. The topological polar surface area (TPSA) is 75.6 Å². The molecule has 0 heterocycles. The number of hydroxylamine groups is 1. The Bertz CT molecular complexity index is 375. The van der Waals surface area contributed by atoms with Crippen molar-refractivity contribution < 1.29 is 19.5 Å². The van der Waals surface area contributed by atoms with Crippen LogP contribution in [0, 0.1) is 0 Å². The quantitative estimate of drug-likeness (QED) is 0.725. The lowest BCUT2D eigenvalue weighted by Gasteiger charge is -2.05. The molecule has 80 valence electrons. The van der Waals surface area contributed by atoms with Gasteiger partial charge in [0.2, 0.25) is 0 Å². The van der Waals surface area contributed by atoms with Gasteiger partial charge in [-0.15, -0.1) is 0 Å². The van der Waals surface area contributed by atoms with Crippen LogP contribution in [0.2, 0.25) is 0 Å². The van der Waals surface area contributed by atoms with Crippen molar-refractivity contribution in [2.75, 3.05) is 6.54 Å². The maximum absolute atomic E-state index is 11.4. The molecule has 0 spiro atoms. The minimum atomic E-state index is -1.15. The van der Waals surface area contributed by atoms with Crippen molar-refractivity contribution >= 4 is 11.9 Å². The van der Waals surface area contributed by atoms with Crippen molar-refractivity contribution in [2.24, 2.45) is 0 Å². The van der Waals surface area contributed by atoms with Crippen molar-refractivity contribution in [1.29, 1.82) is 0 Å². The van der Waals surface area contributed by atoms with Gasteiger partial charge in [0, 0.05) is 6.54 Å². The SMILES string of the molecule is CCNOC(=O)c1ccccc1C(=O)O. The molecule has 0 bridgehead atoms. The Hall–Kier alpha value is -1.88. The van der Waals surface area contributed by atoms with Gasteiger partial charge in [0.25, 0.3) is 0 Å². The van der Waals surface area contributed by atoms with Gasteiger partial charge in [-0.05, 0) is 19.1 Å². The van der Waals surface area contributed by atoms with Crippen molar-refractivity contribution in [1.82, 2.24) is 5.48 Å². The van der Waals surface area contributed by atoms with Gasteiger partial charge in [-0.2, -0.15) is 5.48 Å². The molecule has 0 aliphatic heterocycles. The fraction of sp³-hybridized carbons (Fsp3) is 0.200. The molecule has 1 rings (SSSR count). The summed E-state index contributed by atoms with van der Waals surface area (Å²) in [6.45, 7) is 2.22. The fourth-order valence-corrected chi connectivity index (χ4v) is 1.04. The highest BCUT2D eigenvalue weighted by Crippen LogP contribution is 2.09. The van der Waals surface area contributed by atoms with E-state index in [0.29, 0.717) is 6.54 Å². The summed E-state index contributed by atoms with van der Waals surface area (Å²) in [5.74, 6) is -1.85. The summed E-state index contributed by atoms with van der Waals surface area (Å²) in [5, 5.41) is 8.81. The van der Waals surface area contributed by atoms with Crippen molar-refractivity contribution in [3.63, 3.8) is 0 Å². The molecule has 5 nitrogen and oxygen atoms in total. The van der Waals surface area contributed by atoms with Crippen LogP contribution in [-0.2, 0) is 4.84 Å². The monoisotopic (exact) mass is 209 g/mol. The smallest absolute Gasteiger partial charge is 0.357 e. The van der Waals surface area contributed by atoms with Crippen LogP contribution >= 0.6 is 0 Å². The van der Waals surface area contributed by atoms with Crippen LogP contribution < -0.4 is 5.48 Å². The predicted molar refractivity (Wildman–Crippen MR) is 52.5 cm³/mol. The van der Waals surface area contributed by atoms with E-state index in [1.54, 1.807) is 19.1 Å². The van der Waals surface area contributed by atoms with Crippen LogP contribution in [0.1, 0.15) is 27.6 Å². The third-order valence-electron chi connectivity index (χ3n) is 1.69. The Morgan fingerprint density at radius 1 is 1.33 bits per heavy atom. The first-order valence-corrected chi connectivity index (χ1v) is 4.43. The van der Waals surface area contributed by atoms with Gasteiger partial charge >= 0.3 is 11.9 Å². The summed E-state index contributed by atoms with van der Waals surface area (Å²) < 4.78 is 0. The Morgan fingerprint density at radius 2 is 1.93 bits per heavy atom. The number of carbonyl (C=O) groups excluding carboxylic acids is 1. The number of benzene rings is 1. The Morgan fingerprint density at radius 3 is 2.47 bits per heavy atom. The van der Waals surface area contributed by atoms with E-state index in [-0.39, 0.29) is 11.1 Å². The number of aromatic carboxylic acids is 1. The van der Waals surface area contributed by atoms with Crippen LogP contribution in [0.15, 0.2) is 24.3 Å². The highest BCUT2D eigenvalue weighted by Gasteiger charge is 2.16. The summed E-state index contributed by atoms with van der Waals surface area (Å²) in [4.78, 5) is 26.8. The first-order chi connectivity index (χ1) is 7.16. The molecule has 0 aromatic heterocycles. The zero-order valence-corrected chi connectivity index (χ0v) is 8.19. The molecule has 2 N–H and O–H groups in total. The summed E-state index contributed by atoms with van der Waals surface area (Å²) in [6.07, 6.45) is 0. The van der Waals surface area contributed by atoms with Crippen LogP contribution in [0.4, 0.5) is 0 Å². The van der Waals surface area contributed by atoms with E-state index in [0.717, 1.165) is 0 Å². The fourth-order valence-electron chi connectivity index (χ4n) is 1.04. The Kier molecular flexibility index (Phi) is 3.82. The molecule has 0 unspecified atom stereocenters. The van der Waals surface area contributed by atoms with E-state index < -0.39 is 11.9 Å². The van der Waals surface area contributed by atoms with Gasteiger partial charge < -0.3 is 9.94 Å². The van der Waals surface area contributed by atoms with Gasteiger partial charge in [-0.25, -0.2) is 9.59 Å². The maximum atomic E-state index is 11.4. The molecular formula is C10H11NO4. The van der Waals surface area contributed by atoms with Crippen LogP contribution in [0.5, 0.6) is 0 Å². The number of hydrogen-bond acceptors (Lipinski definition) is 4. The van der Waals surface area contributed by atoms with E-state index in [9.17, 15) is 9.59 Å². The van der Waals surface area contributed by atoms with E-state index in [2.05, 4.69) is 10.3 Å². The van der Waals surface area contributed by atoms with E-state index >= 15 is 0 Å². The van der Waals surface area contributed by atoms with E-state index in [1.165, 1.54) is 12.1 Å². The van der Waals surface area contributed by atoms with Gasteiger partial charge in [-0.1, -0.05) is 12.1 Å². The first kappa shape index (κ1) is 11.2. The number of hydrogen-bond donors (Lipinski definition) is 2. The number of rotatable bonds is 4. The summed E-state index contributed by atoms with van der Waals surface area (Å²) in [7, 11) is 0. The molecule has 0 amide bonds. The van der Waals surface area contributed by atoms with Crippen molar-refractivity contribution in [3.8, 4) is 0 Å². The molecule has 0 aliphatic rings. The normalized spacial score (nSPS) is 9.67. The third-order valence-corrected chi connectivity index (χ3v) is 1.69. The first-order valence-electron chi connectivity index (χ1n) is 4.43.